The van der Waals surface area contributed by atoms with Crippen molar-refractivity contribution >= 4 is 22.1 Å². The van der Waals surface area contributed by atoms with Crippen molar-refractivity contribution in [1.29, 1.82) is 0 Å². The number of hydrogen-bond donors (Lipinski definition) is 2. The van der Waals surface area contributed by atoms with Crippen LogP contribution in [0.2, 0.25) is 0 Å². The Morgan fingerprint density at radius 2 is 1.82 bits per heavy atom. The molecule has 0 atom stereocenters. The van der Waals surface area contributed by atoms with Crippen LogP contribution in [0.4, 0.5) is 4.39 Å². The van der Waals surface area contributed by atoms with Crippen LogP contribution >= 0.6 is 0 Å². The van der Waals surface area contributed by atoms with Gasteiger partial charge in [-0.05, 0) is 42.0 Å². The second-order valence-corrected chi connectivity index (χ2v) is 7.44. The van der Waals surface area contributed by atoms with Gasteiger partial charge in [-0.1, -0.05) is 0 Å². The van der Waals surface area contributed by atoms with Gasteiger partial charge in [-0.3, -0.25) is 15.1 Å². The Bertz CT molecular complexity index is 1620. The van der Waals surface area contributed by atoms with Crippen LogP contribution in [0.15, 0.2) is 67.3 Å². The van der Waals surface area contributed by atoms with Crippen molar-refractivity contribution < 1.29 is 9.13 Å². The van der Waals surface area contributed by atoms with E-state index in [9.17, 15) is 4.39 Å². The predicted octanol–water partition coefficient (Wildman–Crippen LogP) is 4.77. The molecule has 9 heteroatoms. The van der Waals surface area contributed by atoms with E-state index in [0.717, 1.165) is 27.7 Å². The number of aromatic nitrogens is 7. The molecule has 6 rings (SSSR count). The summed E-state index contributed by atoms with van der Waals surface area (Å²) in [6, 6.07) is 12.1. The second kappa shape index (κ2) is 7.49. The van der Waals surface area contributed by atoms with E-state index < -0.39 is 0 Å². The van der Waals surface area contributed by atoms with Gasteiger partial charge in [0, 0.05) is 41.2 Å². The summed E-state index contributed by atoms with van der Waals surface area (Å²) < 4.78 is 19.4. The van der Waals surface area contributed by atoms with Gasteiger partial charge in [0.2, 0.25) is 0 Å². The number of nitrogens with one attached hydrogen (secondary N) is 2. The summed E-state index contributed by atoms with van der Waals surface area (Å²) in [6.45, 7) is 0. The molecule has 2 N–H and O–H groups in total. The van der Waals surface area contributed by atoms with Gasteiger partial charge < -0.3 is 9.72 Å². The molecule has 0 aliphatic heterocycles. The van der Waals surface area contributed by atoms with Gasteiger partial charge in [0.1, 0.15) is 22.8 Å². The lowest BCUT2D eigenvalue weighted by Gasteiger charge is -2.06. The van der Waals surface area contributed by atoms with Crippen molar-refractivity contribution in [3.05, 3.63) is 73.1 Å². The molecule has 8 nitrogen and oxygen atoms in total. The largest absolute Gasteiger partial charge is 0.497 e. The first-order valence-electron chi connectivity index (χ1n) is 10.1. The Hall–Kier alpha value is -4.66. The van der Waals surface area contributed by atoms with Crippen molar-refractivity contribution in [3.63, 3.8) is 0 Å². The normalized spacial score (nSPS) is 11.3. The molecule has 0 unspecified atom stereocenters. The predicted molar refractivity (Wildman–Crippen MR) is 122 cm³/mol. The van der Waals surface area contributed by atoms with Gasteiger partial charge >= 0.3 is 0 Å². The van der Waals surface area contributed by atoms with Crippen LogP contribution in [-0.4, -0.2) is 42.2 Å². The van der Waals surface area contributed by atoms with E-state index in [4.69, 9.17) is 9.72 Å². The van der Waals surface area contributed by atoms with Crippen molar-refractivity contribution in [2.45, 2.75) is 0 Å². The first-order valence-corrected chi connectivity index (χ1v) is 10.1. The van der Waals surface area contributed by atoms with E-state index in [1.807, 2.05) is 18.2 Å². The van der Waals surface area contributed by atoms with E-state index >= 15 is 0 Å². The lowest BCUT2D eigenvalue weighted by Crippen LogP contribution is -1.88. The molecule has 0 spiro atoms. The summed E-state index contributed by atoms with van der Waals surface area (Å²) >= 11 is 0. The number of imidazole rings is 1. The molecule has 0 amide bonds. The highest BCUT2D eigenvalue weighted by Crippen LogP contribution is 2.33. The van der Waals surface area contributed by atoms with E-state index in [1.165, 1.54) is 19.2 Å². The Labute approximate surface area is 186 Å². The molecule has 5 heterocycles. The second-order valence-electron chi connectivity index (χ2n) is 7.44. The number of H-pyrrole nitrogens is 2. The minimum absolute atomic E-state index is 0.389. The zero-order valence-corrected chi connectivity index (χ0v) is 17.4. The molecule has 160 valence electrons. The van der Waals surface area contributed by atoms with Crippen LogP contribution < -0.4 is 4.74 Å². The zero-order valence-electron chi connectivity index (χ0n) is 17.4. The van der Waals surface area contributed by atoms with Gasteiger partial charge in [0.25, 0.3) is 0 Å². The number of aromatic amines is 2. The minimum Gasteiger partial charge on any atom is -0.497 e. The Balaban J connectivity index is 1.50. The number of methoxy groups -OCH3 is 1. The van der Waals surface area contributed by atoms with Gasteiger partial charge in [0.15, 0.2) is 11.5 Å². The maximum Gasteiger partial charge on any atom is 0.160 e. The Kier molecular flexibility index (Phi) is 4.32. The molecule has 5 aromatic heterocycles. The van der Waals surface area contributed by atoms with Crippen molar-refractivity contribution in [2.75, 3.05) is 7.11 Å². The van der Waals surface area contributed by atoms with E-state index in [0.29, 0.717) is 34.0 Å². The van der Waals surface area contributed by atoms with Crippen molar-refractivity contribution in [1.82, 2.24) is 35.1 Å². The zero-order chi connectivity index (χ0) is 22.4. The third-order valence-electron chi connectivity index (χ3n) is 5.45. The average Bonchev–Trinajstić information content (AvgIpc) is 3.47. The maximum atomic E-state index is 14.1. The molecule has 0 bridgehead atoms. The summed E-state index contributed by atoms with van der Waals surface area (Å²) in [5, 5.41) is 8.33. The molecular weight excluding hydrogens is 421 g/mol. The molecule has 0 aliphatic carbocycles. The lowest BCUT2D eigenvalue weighted by atomic mass is 10.1. The Morgan fingerprint density at radius 1 is 0.939 bits per heavy atom. The maximum absolute atomic E-state index is 14.1. The molecule has 0 saturated heterocycles. The highest BCUT2D eigenvalue weighted by atomic mass is 19.1. The van der Waals surface area contributed by atoms with Gasteiger partial charge in [-0.2, -0.15) is 5.10 Å². The van der Waals surface area contributed by atoms with Gasteiger partial charge in [-0.15, -0.1) is 0 Å². The van der Waals surface area contributed by atoms with Crippen LogP contribution in [0.1, 0.15) is 0 Å². The van der Waals surface area contributed by atoms with Crippen molar-refractivity contribution in [3.8, 4) is 39.7 Å². The van der Waals surface area contributed by atoms with Crippen LogP contribution in [0.3, 0.4) is 0 Å². The quantitative estimate of drug-likeness (QED) is 0.411. The van der Waals surface area contributed by atoms with E-state index in [-0.39, 0.29) is 5.82 Å². The molecule has 0 aliphatic rings. The fourth-order valence-electron chi connectivity index (χ4n) is 3.87. The number of fused-ring (bicyclic) bond motifs is 2. The monoisotopic (exact) mass is 437 g/mol. The van der Waals surface area contributed by atoms with Gasteiger partial charge in [-0.25, -0.2) is 14.4 Å². The topological polar surface area (TPSA) is 105 Å². The number of pyridine rings is 3. The third kappa shape index (κ3) is 3.26. The first kappa shape index (κ1) is 19.1. The SMILES string of the molecule is COc1cc(F)cc(-c2ccnc3[nH]c(-c4n[nH]c5cnc(-c6ccncc6)cc45)nc23)c1. The number of halogens is 1. The first-order chi connectivity index (χ1) is 16.2. The molecule has 6 aromatic rings. The van der Waals surface area contributed by atoms with E-state index in [2.05, 4.69) is 30.1 Å². The molecule has 0 radical (unpaired) electrons. The van der Waals surface area contributed by atoms with Crippen LogP contribution in [0.25, 0.3) is 56.0 Å². The molecule has 1 aromatic carbocycles. The number of benzene rings is 1. The molecule has 0 saturated carbocycles. The van der Waals surface area contributed by atoms with E-state index in [1.54, 1.807) is 36.9 Å². The summed E-state index contributed by atoms with van der Waals surface area (Å²) in [5.74, 6) is 0.589. The standard InChI is InChI=1S/C24H16FN7O/c1-33-16-9-14(8-15(25)10-16)17-4-7-27-23-21(17)29-24(30-23)22-18-11-19(13-2-5-26-6-3-13)28-12-20(18)31-32-22/h2-12H,1H3,(H,31,32)(H,27,29,30). The molecular formula is C24H16FN7O. The van der Waals surface area contributed by atoms with Gasteiger partial charge in [0.05, 0.1) is 24.5 Å². The molecule has 0 fully saturated rings. The lowest BCUT2D eigenvalue weighted by molar-refractivity contribution is 0.411. The van der Waals surface area contributed by atoms with Crippen molar-refractivity contribution in [2.24, 2.45) is 0 Å². The highest BCUT2D eigenvalue weighted by molar-refractivity contribution is 5.96. The number of rotatable bonds is 4. The summed E-state index contributed by atoms with van der Waals surface area (Å²) in [4.78, 5) is 21.0. The number of nitrogens with zero attached hydrogens (tertiary/aromatic N) is 5. The highest BCUT2D eigenvalue weighted by Gasteiger charge is 2.17. The van der Waals surface area contributed by atoms with Crippen LogP contribution in [0.5, 0.6) is 5.75 Å². The Morgan fingerprint density at radius 3 is 2.67 bits per heavy atom. The molecule has 33 heavy (non-hydrogen) atoms. The van der Waals surface area contributed by atoms with Crippen LogP contribution in [-0.2, 0) is 0 Å². The summed E-state index contributed by atoms with van der Waals surface area (Å²) in [6.07, 6.45) is 6.86. The third-order valence-corrected chi connectivity index (χ3v) is 5.45. The number of hydrogen-bond acceptors (Lipinski definition) is 6. The summed E-state index contributed by atoms with van der Waals surface area (Å²) in [5.41, 5.74) is 5.74. The average molecular weight is 437 g/mol. The minimum atomic E-state index is -0.389. The smallest absolute Gasteiger partial charge is 0.160 e. The summed E-state index contributed by atoms with van der Waals surface area (Å²) in [7, 11) is 1.51. The number of ether oxygens (including phenoxy) is 1. The fraction of sp³-hybridized carbons (Fsp3) is 0.0417. The fourth-order valence-corrected chi connectivity index (χ4v) is 3.87. The van der Waals surface area contributed by atoms with Crippen LogP contribution in [0, 0.1) is 5.82 Å².